The number of para-hydroxylation sites is 1. The normalized spacial score (nSPS) is 14.2. The summed E-state index contributed by atoms with van der Waals surface area (Å²) in [5.74, 6) is 1.24. The average Bonchev–Trinajstić information content (AvgIpc) is 3.39. The molecule has 0 radical (unpaired) electrons. The summed E-state index contributed by atoms with van der Waals surface area (Å²) in [5, 5.41) is 15.7. The zero-order valence-electron chi connectivity index (χ0n) is 20.5. The first-order valence-corrected chi connectivity index (χ1v) is 12.3. The number of carbonyl (C=O) groups is 1. The summed E-state index contributed by atoms with van der Waals surface area (Å²) < 4.78 is 5.37. The SMILES string of the molecule is Cc1cc(Nc2nc(-c3cccc(NC(=O)CN4CCOCC4)c3)nc3ccccc23)cc2cn[nH]c12. The lowest BCUT2D eigenvalue weighted by molar-refractivity contribution is -0.118. The summed E-state index contributed by atoms with van der Waals surface area (Å²) in [6.07, 6.45) is 1.82. The molecule has 0 aliphatic carbocycles. The number of carbonyl (C=O) groups excluding carboxylic acids is 1. The van der Waals surface area contributed by atoms with Crippen LogP contribution in [0.5, 0.6) is 0 Å². The van der Waals surface area contributed by atoms with Crippen molar-refractivity contribution in [1.29, 1.82) is 0 Å². The van der Waals surface area contributed by atoms with Gasteiger partial charge in [0.2, 0.25) is 5.91 Å². The van der Waals surface area contributed by atoms with E-state index in [4.69, 9.17) is 14.7 Å². The molecule has 1 aliphatic heterocycles. The molecule has 2 aromatic heterocycles. The van der Waals surface area contributed by atoms with Crippen LogP contribution < -0.4 is 10.6 Å². The van der Waals surface area contributed by atoms with Gasteiger partial charge in [0.1, 0.15) is 5.82 Å². The molecule has 6 rings (SSSR count). The second-order valence-electron chi connectivity index (χ2n) is 9.18. The third kappa shape index (κ3) is 5.00. The fourth-order valence-electron chi connectivity index (χ4n) is 4.64. The standard InChI is InChI=1S/C28H27N7O2/c1-18-13-22(15-20-16-29-34-26(18)20)31-28-23-7-2-3-8-24(23)32-27(33-28)19-5-4-6-21(14-19)30-25(36)17-35-9-11-37-12-10-35/h2-8,13-16H,9-12,17H2,1H3,(H,29,34)(H,30,36)(H,31,32,33). The van der Waals surface area contributed by atoms with E-state index in [1.54, 1.807) is 0 Å². The van der Waals surface area contributed by atoms with Gasteiger partial charge in [0, 0.05) is 40.8 Å². The Kier molecular flexibility index (Phi) is 6.21. The highest BCUT2D eigenvalue weighted by Crippen LogP contribution is 2.30. The molecule has 0 spiro atoms. The van der Waals surface area contributed by atoms with Crippen LogP contribution in [0.25, 0.3) is 33.2 Å². The van der Waals surface area contributed by atoms with Gasteiger partial charge in [-0.25, -0.2) is 9.97 Å². The molecule has 1 fully saturated rings. The summed E-state index contributed by atoms with van der Waals surface area (Å²) in [6, 6.07) is 19.7. The third-order valence-electron chi connectivity index (χ3n) is 6.49. The largest absolute Gasteiger partial charge is 0.379 e. The Balaban J connectivity index is 1.30. The van der Waals surface area contributed by atoms with Gasteiger partial charge in [-0.15, -0.1) is 0 Å². The number of rotatable bonds is 6. The maximum Gasteiger partial charge on any atom is 0.238 e. The molecule has 9 heteroatoms. The van der Waals surface area contributed by atoms with Crippen molar-refractivity contribution in [3.8, 4) is 11.4 Å². The summed E-state index contributed by atoms with van der Waals surface area (Å²) in [6.45, 7) is 5.24. The minimum absolute atomic E-state index is 0.0501. The van der Waals surface area contributed by atoms with E-state index in [-0.39, 0.29) is 5.91 Å². The lowest BCUT2D eigenvalue weighted by Gasteiger charge is -2.25. The van der Waals surface area contributed by atoms with Crippen LogP contribution in [-0.2, 0) is 9.53 Å². The minimum Gasteiger partial charge on any atom is -0.379 e. The number of hydrogen-bond donors (Lipinski definition) is 3. The number of H-pyrrole nitrogens is 1. The smallest absolute Gasteiger partial charge is 0.238 e. The van der Waals surface area contributed by atoms with E-state index >= 15 is 0 Å². The number of nitrogens with zero attached hydrogens (tertiary/aromatic N) is 4. The monoisotopic (exact) mass is 493 g/mol. The van der Waals surface area contributed by atoms with Crippen LogP contribution in [-0.4, -0.2) is 63.8 Å². The molecular formula is C28H27N7O2. The maximum atomic E-state index is 12.6. The number of ether oxygens (including phenoxy) is 1. The molecule has 1 saturated heterocycles. The quantitative estimate of drug-likeness (QED) is 0.320. The van der Waals surface area contributed by atoms with Crippen LogP contribution in [0.1, 0.15) is 5.56 Å². The molecule has 3 heterocycles. The summed E-state index contributed by atoms with van der Waals surface area (Å²) in [4.78, 5) is 24.4. The van der Waals surface area contributed by atoms with Gasteiger partial charge in [-0.3, -0.25) is 14.8 Å². The van der Waals surface area contributed by atoms with Gasteiger partial charge in [-0.1, -0.05) is 24.3 Å². The maximum absolute atomic E-state index is 12.6. The molecule has 3 aromatic carbocycles. The summed E-state index contributed by atoms with van der Waals surface area (Å²) in [7, 11) is 0. The second-order valence-corrected chi connectivity index (χ2v) is 9.18. The predicted molar refractivity (Wildman–Crippen MR) is 145 cm³/mol. The molecule has 0 bridgehead atoms. The van der Waals surface area contributed by atoms with Crippen molar-refractivity contribution in [3.05, 3.63) is 72.4 Å². The van der Waals surface area contributed by atoms with E-state index in [0.717, 1.165) is 51.7 Å². The number of anilines is 3. The molecule has 9 nitrogen and oxygen atoms in total. The number of aromatic amines is 1. The topological polar surface area (TPSA) is 108 Å². The van der Waals surface area contributed by atoms with E-state index in [0.29, 0.717) is 37.1 Å². The van der Waals surface area contributed by atoms with Crippen molar-refractivity contribution in [2.75, 3.05) is 43.5 Å². The highest BCUT2D eigenvalue weighted by atomic mass is 16.5. The first kappa shape index (κ1) is 23.1. The lowest BCUT2D eigenvalue weighted by atomic mass is 10.1. The van der Waals surface area contributed by atoms with Crippen LogP contribution in [0.15, 0.2) is 66.9 Å². The number of amides is 1. The van der Waals surface area contributed by atoms with Gasteiger partial charge >= 0.3 is 0 Å². The van der Waals surface area contributed by atoms with Crippen LogP contribution >= 0.6 is 0 Å². The number of hydrogen-bond acceptors (Lipinski definition) is 7. The summed E-state index contributed by atoms with van der Waals surface area (Å²) in [5.41, 5.74) is 5.40. The van der Waals surface area contributed by atoms with Crippen molar-refractivity contribution >= 4 is 44.9 Å². The van der Waals surface area contributed by atoms with Gasteiger partial charge in [0.05, 0.1) is 37.0 Å². The van der Waals surface area contributed by atoms with Gasteiger partial charge in [-0.05, 0) is 48.9 Å². The number of morpholine rings is 1. The number of aromatic nitrogens is 4. The number of benzene rings is 3. The van der Waals surface area contributed by atoms with Crippen LogP contribution in [0.3, 0.4) is 0 Å². The zero-order valence-corrected chi connectivity index (χ0v) is 20.5. The van der Waals surface area contributed by atoms with Crippen molar-refractivity contribution in [2.24, 2.45) is 0 Å². The Bertz CT molecular complexity index is 1590. The average molecular weight is 494 g/mol. The van der Waals surface area contributed by atoms with Crippen molar-refractivity contribution < 1.29 is 9.53 Å². The molecule has 186 valence electrons. The Morgan fingerprint density at radius 3 is 2.78 bits per heavy atom. The fraction of sp³-hybridized carbons (Fsp3) is 0.214. The Morgan fingerprint density at radius 2 is 1.89 bits per heavy atom. The van der Waals surface area contributed by atoms with Crippen molar-refractivity contribution in [2.45, 2.75) is 6.92 Å². The first-order valence-electron chi connectivity index (χ1n) is 12.3. The van der Waals surface area contributed by atoms with Gasteiger partial charge in [0.15, 0.2) is 5.82 Å². The highest BCUT2D eigenvalue weighted by molar-refractivity contribution is 5.95. The van der Waals surface area contributed by atoms with Crippen molar-refractivity contribution in [3.63, 3.8) is 0 Å². The molecule has 5 aromatic rings. The molecule has 1 amide bonds. The number of fused-ring (bicyclic) bond motifs is 2. The minimum atomic E-state index is -0.0501. The zero-order chi connectivity index (χ0) is 25.2. The van der Waals surface area contributed by atoms with E-state index in [1.807, 2.05) is 67.7 Å². The number of aryl methyl sites for hydroxylation is 1. The number of nitrogens with one attached hydrogen (secondary N) is 3. The second kappa shape index (κ2) is 9.96. The van der Waals surface area contributed by atoms with Crippen LogP contribution in [0.2, 0.25) is 0 Å². The molecule has 1 aliphatic rings. The molecule has 0 unspecified atom stereocenters. The van der Waals surface area contributed by atoms with Gasteiger partial charge < -0.3 is 15.4 Å². The molecule has 0 saturated carbocycles. The Labute approximate surface area is 213 Å². The van der Waals surface area contributed by atoms with Gasteiger partial charge in [-0.2, -0.15) is 5.10 Å². The fourth-order valence-corrected chi connectivity index (χ4v) is 4.64. The third-order valence-corrected chi connectivity index (χ3v) is 6.49. The van der Waals surface area contributed by atoms with E-state index in [9.17, 15) is 4.79 Å². The van der Waals surface area contributed by atoms with Gasteiger partial charge in [0.25, 0.3) is 0 Å². The Morgan fingerprint density at radius 1 is 1.03 bits per heavy atom. The van der Waals surface area contributed by atoms with Crippen LogP contribution in [0.4, 0.5) is 17.2 Å². The van der Waals surface area contributed by atoms with Crippen LogP contribution in [0, 0.1) is 6.92 Å². The Hall–Kier alpha value is -4.34. The molecule has 3 N–H and O–H groups in total. The first-order chi connectivity index (χ1) is 18.1. The van der Waals surface area contributed by atoms with Crippen molar-refractivity contribution in [1.82, 2.24) is 25.1 Å². The molecule has 0 atom stereocenters. The lowest BCUT2D eigenvalue weighted by Crippen LogP contribution is -2.41. The highest BCUT2D eigenvalue weighted by Gasteiger charge is 2.15. The molecular weight excluding hydrogens is 466 g/mol. The summed E-state index contributed by atoms with van der Waals surface area (Å²) >= 11 is 0. The predicted octanol–water partition coefficient (Wildman–Crippen LogP) is 4.50. The van der Waals surface area contributed by atoms with E-state index in [1.165, 1.54) is 0 Å². The molecule has 37 heavy (non-hydrogen) atoms. The van der Waals surface area contributed by atoms with E-state index < -0.39 is 0 Å². The van der Waals surface area contributed by atoms with E-state index in [2.05, 4.69) is 31.8 Å².